The standard InChI is InChI=1S/C16H14F3N3OS/c1-10-5-13(11(2)22(10)9-16(17,18)19)14(23)8-24-15-6-12(7-20)3-4-21-15/h3-6H,8-9H2,1-2H3. The van der Waals surface area contributed by atoms with Crippen LogP contribution in [0.15, 0.2) is 29.4 Å². The molecule has 0 fully saturated rings. The Hall–Kier alpha value is -2.27. The predicted molar refractivity (Wildman–Crippen MR) is 84.0 cm³/mol. The van der Waals surface area contributed by atoms with Gasteiger partial charge in [-0.15, -0.1) is 0 Å². The summed E-state index contributed by atoms with van der Waals surface area (Å²) in [4.78, 5) is 16.4. The Morgan fingerprint density at radius 3 is 2.71 bits per heavy atom. The number of ketones is 1. The number of aromatic nitrogens is 2. The number of nitriles is 1. The zero-order chi connectivity index (χ0) is 17.9. The first-order chi connectivity index (χ1) is 11.2. The lowest BCUT2D eigenvalue weighted by molar-refractivity contribution is -0.141. The van der Waals surface area contributed by atoms with Crippen LogP contribution in [0.2, 0.25) is 0 Å². The van der Waals surface area contributed by atoms with Crippen LogP contribution in [0.5, 0.6) is 0 Å². The number of hydrogen-bond donors (Lipinski definition) is 0. The molecule has 24 heavy (non-hydrogen) atoms. The van der Waals surface area contributed by atoms with E-state index < -0.39 is 12.7 Å². The number of carbonyl (C=O) groups is 1. The van der Waals surface area contributed by atoms with Gasteiger partial charge < -0.3 is 4.57 Å². The number of aryl methyl sites for hydroxylation is 1. The maximum atomic E-state index is 12.6. The molecule has 0 saturated carbocycles. The van der Waals surface area contributed by atoms with E-state index in [0.29, 0.717) is 22.0 Å². The van der Waals surface area contributed by atoms with E-state index in [0.717, 1.165) is 16.3 Å². The molecule has 0 aliphatic heterocycles. The van der Waals surface area contributed by atoms with Gasteiger partial charge in [-0.05, 0) is 32.0 Å². The fourth-order valence-electron chi connectivity index (χ4n) is 2.28. The average molecular weight is 353 g/mol. The number of carbonyl (C=O) groups excluding carboxylic acids is 1. The van der Waals surface area contributed by atoms with E-state index in [1.807, 2.05) is 6.07 Å². The van der Waals surface area contributed by atoms with Crippen molar-refractivity contribution in [3.63, 3.8) is 0 Å². The van der Waals surface area contributed by atoms with Crippen LogP contribution in [0.25, 0.3) is 0 Å². The number of nitrogens with zero attached hydrogens (tertiary/aromatic N) is 3. The lowest BCUT2D eigenvalue weighted by Crippen LogP contribution is -2.19. The normalized spacial score (nSPS) is 11.3. The molecule has 0 N–H and O–H groups in total. The van der Waals surface area contributed by atoms with Crippen molar-refractivity contribution >= 4 is 17.5 Å². The number of thioether (sulfide) groups is 1. The van der Waals surface area contributed by atoms with Crippen molar-refractivity contribution in [2.75, 3.05) is 5.75 Å². The van der Waals surface area contributed by atoms with E-state index >= 15 is 0 Å². The van der Waals surface area contributed by atoms with E-state index in [2.05, 4.69) is 4.98 Å². The Morgan fingerprint density at radius 2 is 2.08 bits per heavy atom. The highest BCUT2D eigenvalue weighted by atomic mass is 32.2. The fraction of sp³-hybridized carbons (Fsp3) is 0.312. The molecule has 2 heterocycles. The van der Waals surface area contributed by atoms with Crippen LogP contribution >= 0.6 is 11.8 Å². The molecule has 8 heteroatoms. The van der Waals surface area contributed by atoms with Crippen molar-refractivity contribution < 1.29 is 18.0 Å². The van der Waals surface area contributed by atoms with Gasteiger partial charge in [0.15, 0.2) is 5.78 Å². The van der Waals surface area contributed by atoms with Crippen molar-refractivity contribution in [2.24, 2.45) is 0 Å². The van der Waals surface area contributed by atoms with Crippen LogP contribution in [0, 0.1) is 25.2 Å². The van der Waals surface area contributed by atoms with E-state index in [-0.39, 0.29) is 17.1 Å². The first-order valence-electron chi connectivity index (χ1n) is 6.97. The van der Waals surface area contributed by atoms with Crippen LogP contribution in [-0.4, -0.2) is 27.3 Å². The van der Waals surface area contributed by atoms with Gasteiger partial charge in [0, 0.05) is 23.1 Å². The zero-order valence-electron chi connectivity index (χ0n) is 13.0. The summed E-state index contributed by atoms with van der Waals surface area (Å²) in [6.07, 6.45) is -2.87. The first kappa shape index (κ1) is 18.1. The molecule has 0 aromatic carbocycles. The van der Waals surface area contributed by atoms with Crippen LogP contribution in [0.4, 0.5) is 13.2 Å². The van der Waals surface area contributed by atoms with Gasteiger partial charge in [0.25, 0.3) is 0 Å². The van der Waals surface area contributed by atoms with E-state index in [4.69, 9.17) is 5.26 Å². The molecule has 0 spiro atoms. The molecule has 0 unspecified atom stereocenters. The maximum absolute atomic E-state index is 12.6. The van der Waals surface area contributed by atoms with Crippen molar-refractivity contribution in [1.82, 2.24) is 9.55 Å². The highest BCUT2D eigenvalue weighted by Crippen LogP contribution is 2.25. The largest absolute Gasteiger partial charge is 0.406 e. The molecule has 0 radical (unpaired) electrons. The van der Waals surface area contributed by atoms with Gasteiger partial charge in [0.1, 0.15) is 6.54 Å². The van der Waals surface area contributed by atoms with Crippen molar-refractivity contribution in [3.8, 4) is 6.07 Å². The lowest BCUT2D eigenvalue weighted by atomic mass is 10.2. The van der Waals surface area contributed by atoms with Gasteiger partial charge in [0.05, 0.1) is 22.4 Å². The molecule has 126 valence electrons. The molecular weight excluding hydrogens is 339 g/mol. The quantitative estimate of drug-likeness (QED) is 0.604. The topological polar surface area (TPSA) is 58.7 Å². The minimum Gasteiger partial charge on any atom is -0.339 e. The SMILES string of the molecule is Cc1cc(C(=O)CSc2cc(C#N)ccn2)c(C)n1CC(F)(F)F. The molecule has 2 rings (SSSR count). The monoisotopic (exact) mass is 353 g/mol. The van der Waals surface area contributed by atoms with Gasteiger partial charge in [-0.2, -0.15) is 18.4 Å². The highest BCUT2D eigenvalue weighted by Gasteiger charge is 2.30. The van der Waals surface area contributed by atoms with Crippen molar-refractivity contribution in [3.05, 3.63) is 46.9 Å². The minimum absolute atomic E-state index is 0.0399. The Labute approximate surface area is 141 Å². The number of alkyl halides is 3. The number of halogens is 3. The molecule has 2 aromatic rings. The Kier molecular flexibility index (Phi) is 5.34. The molecule has 0 atom stereocenters. The molecule has 0 amide bonds. The average Bonchev–Trinajstić information content (AvgIpc) is 2.79. The first-order valence-corrected chi connectivity index (χ1v) is 7.95. The molecule has 0 bridgehead atoms. The minimum atomic E-state index is -4.34. The van der Waals surface area contributed by atoms with E-state index in [1.165, 1.54) is 19.2 Å². The third-order valence-corrected chi connectivity index (χ3v) is 4.35. The molecule has 0 aliphatic carbocycles. The summed E-state index contributed by atoms with van der Waals surface area (Å²) in [5.74, 6) is -0.233. The molecular formula is C16H14F3N3OS. The second-order valence-electron chi connectivity index (χ2n) is 5.19. The lowest BCUT2D eigenvalue weighted by Gasteiger charge is -2.12. The molecule has 0 aliphatic rings. The van der Waals surface area contributed by atoms with Crippen LogP contribution in [-0.2, 0) is 6.54 Å². The van der Waals surface area contributed by atoms with Crippen LogP contribution in [0.3, 0.4) is 0 Å². The van der Waals surface area contributed by atoms with Crippen LogP contribution < -0.4 is 0 Å². The van der Waals surface area contributed by atoms with Gasteiger partial charge in [-0.1, -0.05) is 11.8 Å². The number of Topliss-reactive ketones (excluding diaryl/α,β-unsaturated/α-hetero) is 1. The summed E-state index contributed by atoms with van der Waals surface area (Å²) in [6.45, 7) is 1.93. The van der Waals surface area contributed by atoms with Gasteiger partial charge in [-0.3, -0.25) is 4.79 Å². The second kappa shape index (κ2) is 7.09. The third kappa shape index (κ3) is 4.38. The second-order valence-corrected chi connectivity index (χ2v) is 6.19. The number of hydrogen-bond acceptors (Lipinski definition) is 4. The number of rotatable bonds is 5. The predicted octanol–water partition coefficient (Wildman–Crippen LogP) is 3.91. The number of pyridine rings is 1. The Morgan fingerprint density at radius 1 is 1.38 bits per heavy atom. The highest BCUT2D eigenvalue weighted by molar-refractivity contribution is 7.99. The smallest absolute Gasteiger partial charge is 0.339 e. The summed E-state index contributed by atoms with van der Waals surface area (Å²) < 4.78 is 38.9. The fourth-order valence-corrected chi connectivity index (χ4v) is 3.06. The maximum Gasteiger partial charge on any atom is 0.406 e. The summed E-state index contributed by atoms with van der Waals surface area (Å²) >= 11 is 1.15. The molecule has 2 aromatic heterocycles. The summed E-state index contributed by atoms with van der Waals surface area (Å²) in [7, 11) is 0. The Balaban J connectivity index is 2.13. The van der Waals surface area contributed by atoms with Gasteiger partial charge in [-0.25, -0.2) is 4.98 Å². The van der Waals surface area contributed by atoms with Crippen molar-refractivity contribution in [1.29, 1.82) is 5.26 Å². The summed E-state index contributed by atoms with van der Waals surface area (Å²) in [5.41, 5.74) is 1.40. The molecule has 0 saturated heterocycles. The third-order valence-electron chi connectivity index (χ3n) is 3.43. The summed E-state index contributed by atoms with van der Waals surface area (Å²) in [5, 5.41) is 9.35. The van der Waals surface area contributed by atoms with E-state index in [9.17, 15) is 18.0 Å². The molecule has 4 nitrogen and oxygen atoms in total. The van der Waals surface area contributed by atoms with E-state index in [1.54, 1.807) is 19.1 Å². The van der Waals surface area contributed by atoms with Crippen molar-refractivity contribution in [2.45, 2.75) is 31.6 Å². The Bertz CT molecular complexity index is 806. The zero-order valence-corrected chi connectivity index (χ0v) is 13.8. The summed E-state index contributed by atoms with van der Waals surface area (Å²) in [6, 6.07) is 6.57. The van der Waals surface area contributed by atoms with Gasteiger partial charge in [0.2, 0.25) is 0 Å². The van der Waals surface area contributed by atoms with Gasteiger partial charge >= 0.3 is 6.18 Å². The van der Waals surface area contributed by atoms with Crippen LogP contribution in [0.1, 0.15) is 27.3 Å².